The van der Waals surface area contributed by atoms with Crippen molar-refractivity contribution in [3.8, 4) is 17.2 Å². The number of hydrogen-bond acceptors (Lipinski definition) is 3. The molecule has 0 aliphatic carbocycles. The van der Waals surface area contributed by atoms with E-state index in [4.69, 9.17) is 13.6 Å². The van der Waals surface area contributed by atoms with Gasteiger partial charge in [0, 0.05) is 0 Å². The molecular formula is C45H69O3P. The SMILES string of the molecule is CCCCCCC(C)(C)c1ccc(OP(Oc2ccc(C(C)(C)CCCCCC)cc2)Oc2ccc(C(C)(C)CCCCCC)cc2)cc1. The Hall–Kier alpha value is -2.51. The molecule has 0 heterocycles. The van der Waals surface area contributed by atoms with Crippen molar-refractivity contribution in [3.05, 3.63) is 89.5 Å². The first-order chi connectivity index (χ1) is 23.4. The summed E-state index contributed by atoms with van der Waals surface area (Å²) >= 11 is 0. The normalized spacial score (nSPS) is 12.4. The highest BCUT2D eigenvalue weighted by atomic mass is 31.2. The monoisotopic (exact) mass is 688 g/mol. The summed E-state index contributed by atoms with van der Waals surface area (Å²) in [5.74, 6) is 2.27. The van der Waals surface area contributed by atoms with Crippen LogP contribution >= 0.6 is 8.60 Å². The van der Waals surface area contributed by atoms with E-state index in [1.165, 1.54) is 113 Å². The number of rotatable bonds is 24. The van der Waals surface area contributed by atoms with Gasteiger partial charge in [0.1, 0.15) is 17.2 Å². The predicted octanol–water partition coefficient (Wildman–Crippen LogP) is 15.2. The third-order valence-electron chi connectivity index (χ3n) is 10.4. The maximum Gasteiger partial charge on any atom is 0.530 e. The van der Waals surface area contributed by atoms with Crippen molar-refractivity contribution < 1.29 is 13.6 Å². The molecule has 3 rings (SSSR count). The van der Waals surface area contributed by atoms with Gasteiger partial charge in [-0.1, -0.05) is 176 Å². The van der Waals surface area contributed by atoms with Crippen LogP contribution in [0.15, 0.2) is 72.8 Å². The van der Waals surface area contributed by atoms with E-state index in [1.807, 2.05) is 0 Å². The molecule has 0 fully saturated rings. The molecule has 0 spiro atoms. The van der Waals surface area contributed by atoms with Crippen molar-refractivity contribution in [2.45, 2.75) is 175 Å². The molecule has 3 nitrogen and oxygen atoms in total. The molecule has 0 saturated heterocycles. The van der Waals surface area contributed by atoms with Crippen LogP contribution in [0.4, 0.5) is 0 Å². The van der Waals surface area contributed by atoms with Gasteiger partial charge in [0.05, 0.1) is 0 Å². The Bertz CT molecular complexity index is 1140. The highest BCUT2D eigenvalue weighted by molar-refractivity contribution is 7.43. The molecule has 3 aromatic carbocycles. The van der Waals surface area contributed by atoms with Gasteiger partial charge < -0.3 is 13.6 Å². The molecule has 0 N–H and O–H groups in total. The van der Waals surface area contributed by atoms with Crippen LogP contribution in [0, 0.1) is 0 Å². The van der Waals surface area contributed by atoms with E-state index in [0.717, 1.165) is 17.2 Å². The summed E-state index contributed by atoms with van der Waals surface area (Å²) in [4.78, 5) is 0. The molecular weight excluding hydrogens is 619 g/mol. The highest BCUT2D eigenvalue weighted by Gasteiger charge is 2.25. The van der Waals surface area contributed by atoms with Gasteiger partial charge in [-0.05, 0) is 88.6 Å². The number of hydrogen-bond donors (Lipinski definition) is 0. The van der Waals surface area contributed by atoms with Gasteiger partial charge in [0.2, 0.25) is 0 Å². The van der Waals surface area contributed by atoms with Crippen LogP contribution in [-0.2, 0) is 16.2 Å². The Morgan fingerprint density at radius 3 is 0.837 bits per heavy atom. The third kappa shape index (κ3) is 14.0. The summed E-state index contributed by atoms with van der Waals surface area (Å²) in [6.45, 7) is 20.9. The summed E-state index contributed by atoms with van der Waals surface area (Å²) in [7, 11) is -1.74. The van der Waals surface area contributed by atoms with Crippen molar-refractivity contribution >= 4 is 8.60 Å². The fraction of sp³-hybridized carbons (Fsp3) is 0.600. The van der Waals surface area contributed by atoms with Crippen molar-refractivity contribution in [3.63, 3.8) is 0 Å². The first-order valence-corrected chi connectivity index (χ1v) is 20.7. The zero-order chi connectivity index (χ0) is 35.8. The molecule has 0 saturated carbocycles. The molecule has 272 valence electrons. The minimum absolute atomic E-state index is 0.126. The Morgan fingerprint density at radius 2 is 0.612 bits per heavy atom. The summed E-state index contributed by atoms with van der Waals surface area (Å²) < 4.78 is 19.4. The van der Waals surface area contributed by atoms with Crippen LogP contribution in [-0.4, -0.2) is 0 Å². The van der Waals surface area contributed by atoms with Crippen LogP contribution in [0.5, 0.6) is 17.2 Å². The molecule has 0 amide bonds. The first kappa shape index (κ1) is 40.9. The molecule has 3 aromatic rings. The van der Waals surface area contributed by atoms with Gasteiger partial charge in [-0.15, -0.1) is 0 Å². The van der Waals surface area contributed by atoms with Crippen LogP contribution in [0.3, 0.4) is 0 Å². The average Bonchev–Trinajstić information content (AvgIpc) is 3.08. The van der Waals surface area contributed by atoms with Crippen LogP contribution in [0.25, 0.3) is 0 Å². The number of benzene rings is 3. The van der Waals surface area contributed by atoms with E-state index in [9.17, 15) is 0 Å². The van der Waals surface area contributed by atoms with Gasteiger partial charge in [-0.3, -0.25) is 0 Å². The molecule has 0 unspecified atom stereocenters. The standard InChI is InChI=1S/C45H69O3P/c1-10-13-16-19-34-43(4,5)37-22-28-40(29-23-37)46-49(47-41-30-24-38(25-31-41)44(6,7)35-20-17-14-11-2)48-42-32-26-39(27-33-42)45(8,9)36-21-18-15-12-3/h22-33H,10-21,34-36H2,1-9H3. The van der Waals surface area contributed by atoms with Gasteiger partial charge >= 0.3 is 8.60 Å². The molecule has 0 aliphatic rings. The minimum Gasteiger partial charge on any atom is -0.409 e. The Balaban J connectivity index is 1.76. The fourth-order valence-corrected chi connectivity index (χ4v) is 7.62. The van der Waals surface area contributed by atoms with Gasteiger partial charge in [0.25, 0.3) is 0 Å². The van der Waals surface area contributed by atoms with E-state index >= 15 is 0 Å². The van der Waals surface area contributed by atoms with Crippen molar-refractivity contribution in [1.82, 2.24) is 0 Å². The first-order valence-electron chi connectivity index (χ1n) is 19.6. The maximum absolute atomic E-state index is 6.47. The summed E-state index contributed by atoms with van der Waals surface area (Å²) in [5.41, 5.74) is 4.39. The zero-order valence-electron chi connectivity index (χ0n) is 32.7. The van der Waals surface area contributed by atoms with E-state index in [1.54, 1.807) is 0 Å². The van der Waals surface area contributed by atoms with E-state index in [2.05, 4.69) is 135 Å². The Labute approximate surface area is 302 Å². The summed E-state index contributed by atoms with van der Waals surface area (Å²) in [5, 5.41) is 0. The van der Waals surface area contributed by atoms with E-state index < -0.39 is 8.60 Å². The van der Waals surface area contributed by atoms with E-state index in [0.29, 0.717) is 0 Å². The lowest BCUT2D eigenvalue weighted by molar-refractivity contribution is 0.387. The van der Waals surface area contributed by atoms with Crippen LogP contribution in [0.1, 0.15) is 175 Å². The molecule has 0 aliphatic heterocycles. The van der Waals surface area contributed by atoms with Gasteiger partial charge in [-0.25, -0.2) is 0 Å². The largest absolute Gasteiger partial charge is 0.530 e. The Kier molecular flexibility index (Phi) is 17.0. The van der Waals surface area contributed by atoms with Crippen LogP contribution in [0.2, 0.25) is 0 Å². The van der Waals surface area contributed by atoms with Gasteiger partial charge in [0.15, 0.2) is 0 Å². The van der Waals surface area contributed by atoms with Crippen LogP contribution < -0.4 is 13.6 Å². The minimum atomic E-state index is -1.74. The maximum atomic E-state index is 6.47. The summed E-state index contributed by atoms with van der Waals surface area (Å²) in [6.07, 6.45) is 19.0. The molecule has 0 atom stereocenters. The second-order valence-corrected chi connectivity index (χ2v) is 17.1. The van der Waals surface area contributed by atoms with E-state index in [-0.39, 0.29) is 16.2 Å². The third-order valence-corrected chi connectivity index (χ3v) is 11.5. The molecule has 4 heteroatoms. The zero-order valence-corrected chi connectivity index (χ0v) is 33.6. The molecule has 0 radical (unpaired) electrons. The summed E-state index contributed by atoms with van der Waals surface area (Å²) in [6, 6.07) is 25.6. The lowest BCUT2D eigenvalue weighted by atomic mass is 9.80. The Morgan fingerprint density at radius 1 is 0.367 bits per heavy atom. The lowest BCUT2D eigenvalue weighted by Gasteiger charge is -2.26. The molecule has 49 heavy (non-hydrogen) atoms. The second-order valence-electron chi connectivity index (χ2n) is 16.2. The van der Waals surface area contributed by atoms with Crippen molar-refractivity contribution in [2.75, 3.05) is 0 Å². The van der Waals surface area contributed by atoms with Crippen molar-refractivity contribution in [2.24, 2.45) is 0 Å². The van der Waals surface area contributed by atoms with Gasteiger partial charge in [-0.2, -0.15) is 0 Å². The smallest absolute Gasteiger partial charge is 0.409 e. The molecule has 0 aromatic heterocycles. The topological polar surface area (TPSA) is 27.7 Å². The number of unbranched alkanes of at least 4 members (excludes halogenated alkanes) is 9. The highest BCUT2D eigenvalue weighted by Crippen LogP contribution is 2.44. The average molecular weight is 689 g/mol. The molecule has 0 bridgehead atoms. The second kappa shape index (κ2) is 20.4. The van der Waals surface area contributed by atoms with Crippen molar-refractivity contribution in [1.29, 1.82) is 0 Å². The predicted molar refractivity (Wildman–Crippen MR) is 213 cm³/mol. The lowest BCUT2D eigenvalue weighted by Crippen LogP contribution is -2.17. The quantitative estimate of drug-likeness (QED) is 0.0692. The fourth-order valence-electron chi connectivity index (χ4n) is 6.63.